The van der Waals surface area contributed by atoms with E-state index in [1.54, 1.807) is 13.8 Å². The minimum absolute atomic E-state index is 0.293. The Morgan fingerprint density at radius 1 is 0.464 bits per heavy atom. The molecule has 0 aromatic heterocycles. The maximum Gasteiger partial charge on any atom is 0.720 e. The second-order valence-corrected chi connectivity index (χ2v) is 9.68. The molecule has 0 aromatic rings. The molecule has 0 rings (SSSR count). The summed E-state index contributed by atoms with van der Waals surface area (Å²) in [5.74, 6) is 0. The number of hydrogen-bond donors (Lipinski definition) is 0. The molecule has 0 saturated heterocycles. The Morgan fingerprint density at radius 3 is 1.11 bits per heavy atom. The lowest BCUT2D eigenvalue weighted by molar-refractivity contribution is 0.0259. The first-order valence-corrected chi connectivity index (χ1v) is 13.9. The average Bonchev–Trinajstić information content (AvgIpc) is 2.67. The Balaban J connectivity index is 3.23. The van der Waals surface area contributed by atoms with Crippen molar-refractivity contribution in [2.75, 3.05) is 19.8 Å². The first-order chi connectivity index (χ1) is 13.7. The lowest BCUT2D eigenvalue weighted by Crippen LogP contribution is -2.41. The standard InChI is InChI=1S/C23H49FO3Si/c1-4-7-8-9-10-11-12-13-14-15-16-17-18-19-20-21-22-23-27-28(24,25-5-2)26-6-3/h4-23H2,1-3H3. The predicted octanol–water partition coefficient (Wildman–Crippen LogP) is 8.13. The number of rotatable bonds is 23. The van der Waals surface area contributed by atoms with E-state index in [0.29, 0.717) is 19.8 Å². The predicted molar refractivity (Wildman–Crippen MR) is 120 cm³/mol. The highest BCUT2D eigenvalue weighted by atomic mass is 28.4. The van der Waals surface area contributed by atoms with Crippen LogP contribution in [0.2, 0.25) is 0 Å². The maximum absolute atomic E-state index is 14.2. The van der Waals surface area contributed by atoms with Crippen LogP contribution in [0.15, 0.2) is 0 Å². The van der Waals surface area contributed by atoms with Crippen molar-refractivity contribution in [3.8, 4) is 0 Å². The van der Waals surface area contributed by atoms with Crippen molar-refractivity contribution in [1.29, 1.82) is 0 Å². The van der Waals surface area contributed by atoms with Crippen LogP contribution in [0.3, 0.4) is 0 Å². The highest BCUT2D eigenvalue weighted by molar-refractivity contribution is 6.52. The van der Waals surface area contributed by atoms with Gasteiger partial charge in [-0.15, -0.1) is 0 Å². The van der Waals surface area contributed by atoms with E-state index in [9.17, 15) is 4.11 Å². The zero-order valence-corrected chi connectivity index (χ0v) is 20.2. The van der Waals surface area contributed by atoms with Gasteiger partial charge in [0.25, 0.3) is 0 Å². The van der Waals surface area contributed by atoms with Crippen molar-refractivity contribution < 1.29 is 17.4 Å². The lowest BCUT2D eigenvalue weighted by Gasteiger charge is -2.19. The zero-order chi connectivity index (χ0) is 20.8. The molecule has 0 aromatic carbocycles. The fraction of sp³-hybridized carbons (Fsp3) is 1.00. The Morgan fingerprint density at radius 2 is 0.786 bits per heavy atom. The molecular formula is C23H49FO3Si. The highest BCUT2D eigenvalue weighted by Crippen LogP contribution is 2.15. The van der Waals surface area contributed by atoms with Crippen molar-refractivity contribution in [1.82, 2.24) is 0 Å². The topological polar surface area (TPSA) is 27.7 Å². The molecule has 0 aliphatic heterocycles. The van der Waals surface area contributed by atoms with E-state index in [1.807, 2.05) is 0 Å². The summed E-state index contributed by atoms with van der Waals surface area (Å²) in [6.07, 6.45) is 22.8. The van der Waals surface area contributed by atoms with Gasteiger partial charge < -0.3 is 13.3 Å². The molecule has 3 nitrogen and oxygen atoms in total. The van der Waals surface area contributed by atoms with Crippen LogP contribution in [0.5, 0.6) is 0 Å². The van der Waals surface area contributed by atoms with Crippen molar-refractivity contribution in [3.05, 3.63) is 0 Å². The zero-order valence-electron chi connectivity index (χ0n) is 19.2. The van der Waals surface area contributed by atoms with E-state index in [4.69, 9.17) is 13.3 Å². The quantitative estimate of drug-likeness (QED) is 0.0948. The number of unbranched alkanes of at least 4 members (excludes halogenated alkanes) is 16. The summed E-state index contributed by atoms with van der Waals surface area (Å²) in [6.45, 7) is 6.80. The van der Waals surface area contributed by atoms with Crippen LogP contribution in [0.25, 0.3) is 0 Å². The second kappa shape index (κ2) is 21.7. The summed E-state index contributed by atoms with van der Waals surface area (Å²) in [5, 5.41) is 0. The minimum atomic E-state index is -3.86. The Hall–Kier alpha value is 0.0269. The molecule has 0 heterocycles. The lowest BCUT2D eigenvalue weighted by atomic mass is 10.0. The Labute approximate surface area is 176 Å². The van der Waals surface area contributed by atoms with Crippen LogP contribution >= 0.6 is 0 Å². The fourth-order valence-electron chi connectivity index (χ4n) is 3.49. The van der Waals surface area contributed by atoms with E-state index in [2.05, 4.69) is 6.92 Å². The monoisotopic (exact) mass is 420 g/mol. The molecule has 0 fully saturated rings. The summed E-state index contributed by atoms with van der Waals surface area (Å²) in [7, 11) is -3.86. The molecule has 0 radical (unpaired) electrons. The van der Waals surface area contributed by atoms with Gasteiger partial charge in [0.2, 0.25) is 0 Å². The molecule has 0 saturated carbocycles. The summed E-state index contributed by atoms with van der Waals surface area (Å²) in [5.41, 5.74) is 0. The van der Waals surface area contributed by atoms with E-state index in [-0.39, 0.29) is 0 Å². The van der Waals surface area contributed by atoms with Crippen LogP contribution in [-0.2, 0) is 13.3 Å². The molecule has 0 N–H and O–H groups in total. The number of hydrogen-bond acceptors (Lipinski definition) is 3. The van der Waals surface area contributed by atoms with Gasteiger partial charge in [-0.2, -0.15) is 0 Å². The van der Waals surface area contributed by atoms with Gasteiger partial charge in [0.15, 0.2) is 0 Å². The molecule has 0 atom stereocenters. The van der Waals surface area contributed by atoms with Crippen molar-refractivity contribution >= 4 is 9.14 Å². The molecule has 170 valence electrons. The van der Waals surface area contributed by atoms with Crippen molar-refractivity contribution in [3.63, 3.8) is 0 Å². The molecule has 5 heteroatoms. The van der Waals surface area contributed by atoms with Crippen LogP contribution in [0, 0.1) is 0 Å². The van der Waals surface area contributed by atoms with Crippen LogP contribution < -0.4 is 0 Å². The molecule has 0 bridgehead atoms. The van der Waals surface area contributed by atoms with Gasteiger partial charge >= 0.3 is 9.14 Å². The Kier molecular flexibility index (Phi) is 21.7. The molecule has 0 aliphatic carbocycles. The SMILES string of the molecule is CCCCCCCCCCCCCCCCCCCO[Si](F)(OCC)OCC. The number of halogens is 1. The maximum atomic E-state index is 14.2. The van der Waals surface area contributed by atoms with Crippen LogP contribution in [0.1, 0.15) is 130 Å². The first-order valence-electron chi connectivity index (χ1n) is 12.3. The third-order valence-corrected chi connectivity index (χ3v) is 6.97. The summed E-state index contributed by atoms with van der Waals surface area (Å²) in [6, 6.07) is 0. The van der Waals surface area contributed by atoms with Crippen LogP contribution in [-0.4, -0.2) is 29.0 Å². The largest absolute Gasteiger partial charge is 0.720 e. The molecule has 0 aliphatic rings. The van der Waals surface area contributed by atoms with Gasteiger partial charge in [-0.25, -0.2) is 4.11 Å². The summed E-state index contributed by atoms with van der Waals surface area (Å²) in [4.78, 5) is 0. The van der Waals surface area contributed by atoms with Gasteiger partial charge in [-0.1, -0.05) is 110 Å². The average molecular weight is 421 g/mol. The Bertz CT molecular complexity index is 300. The van der Waals surface area contributed by atoms with Gasteiger partial charge in [-0.3, -0.25) is 0 Å². The van der Waals surface area contributed by atoms with E-state index in [1.165, 1.54) is 96.3 Å². The first kappa shape index (κ1) is 28.0. The van der Waals surface area contributed by atoms with E-state index >= 15 is 0 Å². The smallest absolute Gasteiger partial charge is 0.348 e. The molecular weight excluding hydrogens is 371 g/mol. The van der Waals surface area contributed by atoms with Gasteiger partial charge in [0.05, 0.1) is 0 Å². The molecule has 0 spiro atoms. The molecule has 28 heavy (non-hydrogen) atoms. The summed E-state index contributed by atoms with van der Waals surface area (Å²) < 4.78 is 29.5. The van der Waals surface area contributed by atoms with Crippen molar-refractivity contribution in [2.45, 2.75) is 130 Å². The van der Waals surface area contributed by atoms with Crippen LogP contribution in [0.4, 0.5) is 4.11 Å². The molecule has 0 amide bonds. The van der Waals surface area contributed by atoms with Gasteiger partial charge in [0.1, 0.15) is 0 Å². The summed E-state index contributed by atoms with van der Waals surface area (Å²) >= 11 is 0. The van der Waals surface area contributed by atoms with Gasteiger partial charge in [-0.05, 0) is 20.3 Å². The highest BCUT2D eigenvalue weighted by Gasteiger charge is 2.43. The molecule has 0 unspecified atom stereocenters. The van der Waals surface area contributed by atoms with Crippen molar-refractivity contribution in [2.24, 2.45) is 0 Å². The van der Waals surface area contributed by atoms with Gasteiger partial charge in [0, 0.05) is 19.8 Å². The third kappa shape index (κ3) is 19.3. The fourth-order valence-corrected chi connectivity index (χ4v) is 4.82. The second-order valence-electron chi connectivity index (χ2n) is 7.85. The minimum Gasteiger partial charge on any atom is -0.348 e. The van der Waals surface area contributed by atoms with E-state index in [0.717, 1.165) is 12.8 Å². The third-order valence-electron chi connectivity index (χ3n) is 5.16. The van der Waals surface area contributed by atoms with E-state index < -0.39 is 9.14 Å². The normalized spacial score (nSPS) is 12.0.